The first-order valence-electron chi connectivity index (χ1n) is 5.59. The van der Waals surface area contributed by atoms with Crippen molar-refractivity contribution >= 4 is 20.9 Å². The summed E-state index contributed by atoms with van der Waals surface area (Å²) in [4.78, 5) is -0.106. The summed E-state index contributed by atoms with van der Waals surface area (Å²) in [6.07, 6.45) is 1.60. The molecule has 0 fully saturated rings. The topological polar surface area (TPSA) is 67.5 Å². The van der Waals surface area contributed by atoms with E-state index in [1.165, 1.54) is 12.1 Å². The summed E-state index contributed by atoms with van der Waals surface area (Å²) in [5.74, 6) is 0.751. The van der Waals surface area contributed by atoms with Crippen molar-refractivity contribution in [3.05, 3.63) is 54.8 Å². The van der Waals surface area contributed by atoms with Gasteiger partial charge < -0.3 is 4.42 Å². The maximum absolute atomic E-state index is 11.1. The van der Waals surface area contributed by atoms with Crippen LogP contribution in [0.5, 0.6) is 0 Å². The third-order valence-corrected chi connectivity index (χ3v) is 3.76. The molecule has 19 heavy (non-hydrogen) atoms. The highest BCUT2D eigenvalue weighted by molar-refractivity contribution is 7.85. The van der Waals surface area contributed by atoms with Crippen molar-refractivity contribution in [1.82, 2.24) is 0 Å². The molecule has 0 amide bonds. The van der Waals surface area contributed by atoms with Gasteiger partial charge in [-0.3, -0.25) is 4.55 Å². The van der Waals surface area contributed by atoms with E-state index in [2.05, 4.69) is 0 Å². The van der Waals surface area contributed by atoms with Crippen LogP contribution in [0.25, 0.3) is 22.1 Å². The van der Waals surface area contributed by atoms with Crippen molar-refractivity contribution in [3.63, 3.8) is 0 Å². The van der Waals surface area contributed by atoms with Gasteiger partial charge in [0.15, 0.2) is 0 Å². The minimum Gasteiger partial charge on any atom is -0.464 e. The van der Waals surface area contributed by atoms with E-state index in [1.54, 1.807) is 24.5 Å². The molecule has 5 heteroatoms. The second-order valence-corrected chi connectivity index (χ2v) is 5.60. The third kappa shape index (κ3) is 2.25. The van der Waals surface area contributed by atoms with Gasteiger partial charge in [0, 0.05) is 5.56 Å². The fourth-order valence-corrected chi connectivity index (χ4v) is 2.50. The lowest BCUT2D eigenvalue weighted by molar-refractivity contribution is 0.483. The number of hydrogen-bond donors (Lipinski definition) is 1. The SMILES string of the molecule is O=S(=O)(O)c1ccc2cc(-c3ccco3)ccc2c1. The molecule has 3 rings (SSSR count). The summed E-state index contributed by atoms with van der Waals surface area (Å²) < 4.78 is 36.5. The molecule has 0 aliphatic heterocycles. The minimum absolute atomic E-state index is 0.106. The van der Waals surface area contributed by atoms with Crippen molar-refractivity contribution in [1.29, 1.82) is 0 Å². The van der Waals surface area contributed by atoms with Crippen molar-refractivity contribution < 1.29 is 17.4 Å². The zero-order valence-corrected chi connectivity index (χ0v) is 10.6. The monoisotopic (exact) mass is 274 g/mol. The lowest BCUT2D eigenvalue weighted by Gasteiger charge is -2.03. The summed E-state index contributed by atoms with van der Waals surface area (Å²) in [5.41, 5.74) is 0.914. The van der Waals surface area contributed by atoms with Gasteiger partial charge in [-0.1, -0.05) is 18.2 Å². The molecule has 0 radical (unpaired) electrons. The van der Waals surface area contributed by atoms with Gasteiger partial charge in [-0.15, -0.1) is 0 Å². The minimum atomic E-state index is -4.17. The van der Waals surface area contributed by atoms with E-state index in [4.69, 9.17) is 8.97 Å². The average Bonchev–Trinajstić information content (AvgIpc) is 2.90. The lowest BCUT2D eigenvalue weighted by Crippen LogP contribution is -1.97. The Morgan fingerprint density at radius 3 is 2.37 bits per heavy atom. The molecule has 3 aromatic rings. The predicted molar refractivity (Wildman–Crippen MR) is 71.5 cm³/mol. The summed E-state index contributed by atoms with van der Waals surface area (Å²) in [6, 6.07) is 13.7. The van der Waals surface area contributed by atoms with Crippen LogP contribution in [0.3, 0.4) is 0 Å². The van der Waals surface area contributed by atoms with Crippen LogP contribution in [0.2, 0.25) is 0 Å². The van der Waals surface area contributed by atoms with Crippen LogP contribution in [-0.2, 0) is 10.1 Å². The van der Waals surface area contributed by atoms with E-state index in [-0.39, 0.29) is 4.90 Å². The number of rotatable bonds is 2. The van der Waals surface area contributed by atoms with Gasteiger partial charge in [0.05, 0.1) is 11.2 Å². The van der Waals surface area contributed by atoms with Gasteiger partial charge >= 0.3 is 0 Å². The molecule has 0 spiro atoms. The van der Waals surface area contributed by atoms with Crippen molar-refractivity contribution in [3.8, 4) is 11.3 Å². The first-order valence-corrected chi connectivity index (χ1v) is 7.03. The van der Waals surface area contributed by atoms with E-state index in [9.17, 15) is 8.42 Å². The van der Waals surface area contributed by atoms with E-state index in [1.807, 2.05) is 18.2 Å². The first kappa shape index (κ1) is 12.0. The number of hydrogen-bond acceptors (Lipinski definition) is 3. The van der Waals surface area contributed by atoms with Crippen LogP contribution in [0.15, 0.2) is 64.1 Å². The van der Waals surface area contributed by atoms with Gasteiger partial charge in [0.25, 0.3) is 10.1 Å². The second-order valence-electron chi connectivity index (χ2n) is 4.18. The highest BCUT2D eigenvalue weighted by Gasteiger charge is 2.10. The molecular weight excluding hydrogens is 264 g/mol. The van der Waals surface area contributed by atoms with Crippen molar-refractivity contribution in [2.45, 2.75) is 4.90 Å². The summed E-state index contributed by atoms with van der Waals surface area (Å²) >= 11 is 0. The lowest BCUT2D eigenvalue weighted by atomic mass is 10.1. The van der Waals surface area contributed by atoms with Crippen LogP contribution in [-0.4, -0.2) is 13.0 Å². The summed E-state index contributed by atoms with van der Waals surface area (Å²) in [7, 11) is -4.17. The Balaban J connectivity index is 2.16. The van der Waals surface area contributed by atoms with Crippen molar-refractivity contribution in [2.24, 2.45) is 0 Å². The fraction of sp³-hybridized carbons (Fsp3) is 0. The molecule has 0 saturated carbocycles. The molecule has 96 valence electrons. The Hall–Kier alpha value is -2.11. The van der Waals surface area contributed by atoms with Gasteiger partial charge in [-0.25, -0.2) is 0 Å². The number of benzene rings is 2. The molecular formula is C14H10O4S. The molecule has 1 heterocycles. The molecule has 4 nitrogen and oxygen atoms in total. The first-order chi connectivity index (χ1) is 9.04. The van der Waals surface area contributed by atoms with Gasteiger partial charge in [0.1, 0.15) is 5.76 Å². The molecule has 1 aromatic heterocycles. The molecule has 0 atom stereocenters. The fourth-order valence-electron chi connectivity index (χ4n) is 1.98. The number of furan rings is 1. The highest BCUT2D eigenvalue weighted by Crippen LogP contribution is 2.26. The van der Waals surface area contributed by atoms with Crippen LogP contribution in [0.1, 0.15) is 0 Å². The Bertz CT molecular complexity index is 833. The Kier molecular flexibility index (Phi) is 2.66. The molecule has 0 aliphatic carbocycles. The third-order valence-electron chi connectivity index (χ3n) is 2.92. The van der Waals surface area contributed by atoms with Crippen molar-refractivity contribution in [2.75, 3.05) is 0 Å². The molecule has 0 bridgehead atoms. The van der Waals surface area contributed by atoms with E-state index < -0.39 is 10.1 Å². The Morgan fingerprint density at radius 1 is 0.947 bits per heavy atom. The van der Waals surface area contributed by atoms with Crippen LogP contribution < -0.4 is 0 Å². The predicted octanol–water partition coefficient (Wildman–Crippen LogP) is 3.35. The van der Waals surface area contributed by atoms with Crippen LogP contribution in [0, 0.1) is 0 Å². The largest absolute Gasteiger partial charge is 0.464 e. The molecule has 0 unspecified atom stereocenters. The van der Waals surface area contributed by atoms with Crippen LogP contribution >= 0.6 is 0 Å². The zero-order valence-electron chi connectivity index (χ0n) is 9.78. The normalized spacial score (nSPS) is 11.8. The number of fused-ring (bicyclic) bond motifs is 1. The maximum atomic E-state index is 11.1. The molecule has 0 saturated heterocycles. The van der Waals surface area contributed by atoms with Gasteiger partial charge in [0.2, 0.25) is 0 Å². The highest BCUT2D eigenvalue weighted by atomic mass is 32.2. The van der Waals surface area contributed by atoms with E-state index >= 15 is 0 Å². The summed E-state index contributed by atoms with van der Waals surface area (Å²) in [6.45, 7) is 0. The van der Waals surface area contributed by atoms with Gasteiger partial charge in [-0.05, 0) is 41.1 Å². The smallest absolute Gasteiger partial charge is 0.294 e. The summed E-state index contributed by atoms with van der Waals surface area (Å²) in [5, 5.41) is 1.62. The van der Waals surface area contributed by atoms with Gasteiger partial charge in [-0.2, -0.15) is 8.42 Å². The molecule has 1 N–H and O–H groups in total. The van der Waals surface area contributed by atoms with Crippen LogP contribution in [0.4, 0.5) is 0 Å². The Labute approximate surface area is 110 Å². The quantitative estimate of drug-likeness (QED) is 0.728. The standard InChI is InChI=1S/C14H10O4S/c15-19(16,17)13-6-5-10-8-12(4-3-11(10)9-13)14-2-1-7-18-14/h1-9H,(H,15,16,17). The molecule has 0 aliphatic rings. The van der Waals surface area contributed by atoms with E-state index in [0.717, 1.165) is 22.1 Å². The zero-order chi connectivity index (χ0) is 13.5. The van der Waals surface area contributed by atoms with E-state index in [0.29, 0.717) is 0 Å². The maximum Gasteiger partial charge on any atom is 0.294 e. The second kappa shape index (κ2) is 4.22. The average molecular weight is 274 g/mol. The molecule has 2 aromatic carbocycles. The Morgan fingerprint density at radius 2 is 1.68 bits per heavy atom.